The minimum Gasteiger partial charge on any atom is -0.497 e. The number of furan rings is 1. The van der Waals surface area contributed by atoms with Crippen LogP contribution in [0.2, 0.25) is 0 Å². The van der Waals surface area contributed by atoms with Crippen molar-refractivity contribution in [2.24, 2.45) is 5.92 Å². The minimum absolute atomic E-state index is 0.0180. The summed E-state index contributed by atoms with van der Waals surface area (Å²) in [5.41, 5.74) is 1.37. The highest BCUT2D eigenvalue weighted by atomic mass is 16.5. The molecule has 1 N–H and O–H groups in total. The second-order valence-electron chi connectivity index (χ2n) is 6.84. The number of hydrogen-bond acceptors (Lipinski definition) is 7. The Bertz CT molecular complexity index is 1070. The van der Waals surface area contributed by atoms with Gasteiger partial charge in [-0.15, -0.1) is 5.10 Å². The molecule has 4 rings (SSSR count). The highest BCUT2D eigenvalue weighted by Gasteiger charge is 2.36. The van der Waals surface area contributed by atoms with E-state index >= 15 is 0 Å². The summed E-state index contributed by atoms with van der Waals surface area (Å²) >= 11 is 0. The van der Waals surface area contributed by atoms with Crippen LogP contribution in [0.15, 0.2) is 39.2 Å². The van der Waals surface area contributed by atoms with Gasteiger partial charge in [0, 0.05) is 24.7 Å². The molecule has 1 fully saturated rings. The zero-order chi connectivity index (χ0) is 20.5. The van der Waals surface area contributed by atoms with Gasteiger partial charge in [0.1, 0.15) is 17.3 Å². The van der Waals surface area contributed by atoms with Crippen LogP contribution in [0.5, 0.6) is 5.75 Å². The van der Waals surface area contributed by atoms with Crippen molar-refractivity contribution in [1.29, 1.82) is 0 Å². The number of rotatable bonds is 5. The van der Waals surface area contributed by atoms with Crippen LogP contribution in [0.1, 0.15) is 17.9 Å². The van der Waals surface area contributed by atoms with Crippen molar-refractivity contribution < 1.29 is 23.2 Å². The molecule has 1 aromatic carbocycles. The van der Waals surface area contributed by atoms with Crippen LogP contribution >= 0.6 is 0 Å². The van der Waals surface area contributed by atoms with Gasteiger partial charge in [-0.1, -0.05) is 11.2 Å². The lowest BCUT2D eigenvalue weighted by Gasteiger charge is -2.17. The van der Waals surface area contributed by atoms with E-state index in [1.54, 1.807) is 49.3 Å². The molecule has 0 spiro atoms. The second-order valence-corrected chi connectivity index (χ2v) is 6.84. The monoisotopic (exact) mass is 396 g/mol. The number of ether oxygens (including phenoxy) is 1. The molecule has 9 nitrogen and oxygen atoms in total. The molecule has 0 radical (unpaired) electrons. The van der Waals surface area contributed by atoms with E-state index in [-0.39, 0.29) is 36.7 Å². The number of nitrogens with one attached hydrogen (secondary N) is 1. The smallest absolute Gasteiger partial charge is 0.322 e. The molecule has 2 amide bonds. The lowest BCUT2D eigenvalue weighted by Crippen LogP contribution is -2.28. The van der Waals surface area contributed by atoms with Gasteiger partial charge < -0.3 is 18.5 Å². The second kappa shape index (κ2) is 7.42. The Morgan fingerprint density at radius 3 is 2.79 bits per heavy atom. The van der Waals surface area contributed by atoms with Gasteiger partial charge in [0.05, 0.1) is 18.6 Å². The van der Waals surface area contributed by atoms with Gasteiger partial charge in [-0.25, -0.2) is 0 Å². The van der Waals surface area contributed by atoms with Crippen LogP contribution < -0.4 is 15.0 Å². The lowest BCUT2D eigenvalue weighted by molar-refractivity contribution is -0.122. The number of anilines is 2. The number of methoxy groups -OCH3 is 1. The van der Waals surface area contributed by atoms with Crippen molar-refractivity contribution in [3.8, 4) is 17.2 Å². The number of hydrogen-bond donors (Lipinski definition) is 1. The Morgan fingerprint density at radius 2 is 2.07 bits per heavy atom. The molecule has 1 aliphatic heterocycles. The fourth-order valence-corrected chi connectivity index (χ4v) is 3.34. The van der Waals surface area contributed by atoms with Crippen molar-refractivity contribution in [2.45, 2.75) is 20.3 Å². The number of carbonyl (C=O) groups excluding carboxylic acids is 2. The first-order chi connectivity index (χ1) is 13.9. The van der Waals surface area contributed by atoms with Crippen LogP contribution in [-0.4, -0.2) is 35.7 Å². The van der Waals surface area contributed by atoms with Crippen molar-refractivity contribution in [1.82, 2.24) is 10.2 Å². The number of aryl methyl sites for hydroxylation is 2. The van der Waals surface area contributed by atoms with E-state index in [9.17, 15) is 9.59 Å². The van der Waals surface area contributed by atoms with Gasteiger partial charge in [-0.05, 0) is 32.0 Å². The van der Waals surface area contributed by atoms with E-state index in [1.807, 2.05) is 6.92 Å². The van der Waals surface area contributed by atoms with Crippen LogP contribution in [-0.2, 0) is 9.59 Å². The van der Waals surface area contributed by atoms with E-state index < -0.39 is 5.92 Å². The number of benzene rings is 1. The Kier molecular flexibility index (Phi) is 4.79. The summed E-state index contributed by atoms with van der Waals surface area (Å²) in [7, 11) is 1.56. The quantitative estimate of drug-likeness (QED) is 0.706. The molecular formula is C20H20N4O5. The van der Waals surface area contributed by atoms with Gasteiger partial charge in [0.25, 0.3) is 5.89 Å². The van der Waals surface area contributed by atoms with Crippen molar-refractivity contribution >= 4 is 23.5 Å². The highest BCUT2D eigenvalue weighted by molar-refractivity contribution is 6.03. The zero-order valence-corrected chi connectivity index (χ0v) is 16.3. The highest BCUT2D eigenvalue weighted by Crippen LogP contribution is 2.29. The molecule has 150 valence electrons. The van der Waals surface area contributed by atoms with Gasteiger partial charge >= 0.3 is 6.01 Å². The first-order valence-corrected chi connectivity index (χ1v) is 9.11. The predicted octanol–water partition coefficient (Wildman–Crippen LogP) is 2.95. The zero-order valence-electron chi connectivity index (χ0n) is 16.3. The maximum atomic E-state index is 12.6. The van der Waals surface area contributed by atoms with Crippen LogP contribution in [0.3, 0.4) is 0 Å². The molecule has 1 atom stereocenters. The van der Waals surface area contributed by atoms with Crippen molar-refractivity contribution in [3.05, 3.63) is 41.9 Å². The number of carbonyl (C=O) groups is 2. The Morgan fingerprint density at radius 1 is 1.24 bits per heavy atom. The van der Waals surface area contributed by atoms with Gasteiger partial charge in [-0.2, -0.15) is 0 Å². The van der Waals surface area contributed by atoms with E-state index in [4.69, 9.17) is 13.6 Å². The van der Waals surface area contributed by atoms with Crippen LogP contribution in [0, 0.1) is 19.8 Å². The van der Waals surface area contributed by atoms with E-state index in [0.717, 1.165) is 5.76 Å². The lowest BCUT2D eigenvalue weighted by atomic mass is 10.1. The average molecular weight is 396 g/mol. The molecule has 2 aromatic heterocycles. The normalized spacial score (nSPS) is 16.3. The molecule has 3 aromatic rings. The number of nitrogens with zero attached hydrogens (tertiary/aromatic N) is 3. The van der Waals surface area contributed by atoms with Crippen LogP contribution in [0.4, 0.5) is 11.7 Å². The predicted molar refractivity (Wildman–Crippen MR) is 104 cm³/mol. The fraction of sp³-hybridized carbons (Fsp3) is 0.300. The summed E-state index contributed by atoms with van der Waals surface area (Å²) in [6.07, 6.45) is 0.101. The summed E-state index contributed by atoms with van der Waals surface area (Å²) in [5.74, 6) is 1.28. The standard InChI is InChI=1S/C20H20N4O5/c1-11-7-16(12(2)28-11)19-22-23-20(29-19)21-18(26)13-8-17(25)24(10-13)14-5-4-6-15(9-14)27-3/h4-7,9,13H,8,10H2,1-3H3,(H,21,23,26)/t13-/m1/s1. The van der Waals surface area contributed by atoms with E-state index in [1.165, 1.54) is 0 Å². The summed E-state index contributed by atoms with van der Waals surface area (Å²) in [6.45, 7) is 3.88. The van der Waals surface area contributed by atoms with Crippen molar-refractivity contribution in [3.63, 3.8) is 0 Å². The minimum atomic E-state index is -0.526. The Hall–Kier alpha value is -3.62. The number of aromatic nitrogens is 2. The third-order valence-corrected chi connectivity index (χ3v) is 4.79. The molecule has 29 heavy (non-hydrogen) atoms. The molecule has 0 bridgehead atoms. The van der Waals surface area contributed by atoms with E-state index in [2.05, 4.69) is 15.5 Å². The summed E-state index contributed by atoms with van der Waals surface area (Å²) in [4.78, 5) is 26.6. The maximum absolute atomic E-state index is 12.6. The number of amides is 2. The molecule has 9 heteroatoms. The van der Waals surface area contributed by atoms with Gasteiger partial charge in [0.15, 0.2) is 0 Å². The summed E-state index contributed by atoms with van der Waals surface area (Å²) in [6, 6.07) is 8.93. The molecule has 1 saturated heterocycles. The molecule has 1 aliphatic rings. The third kappa shape index (κ3) is 3.71. The van der Waals surface area contributed by atoms with E-state index in [0.29, 0.717) is 22.8 Å². The Labute approximate surface area is 166 Å². The summed E-state index contributed by atoms with van der Waals surface area (Å²) in [5, 5.41) is 10.4. The molecular weight excluding hydrogens is 376 g/mol. The molecule has 3 heterocycles. The average Bonchev–Trinajstić information content (AvgIpc) is 3.40. The fourth-order valence-electron chi connectivity index (χ4n) is 3.34. The Balaban J connectivity index is 1.44. The topological polar surface area (TPSA) is 111 Å². The van der Waals surface area contributed by atoms with Crippen molar-refractivity contribution in [2.75, 3.05) is 23.9 Å². The van der Waals surface area contributed by atoms with Crippen LogP contribution in [0.25, 0.3) is 11.5 Å². The molecule has 0 aliphatic carbocycles. The largest absolute Gasteiger partial charge is 0.497 e. The SMILES string of the molecule is COc1cccc(N2C[C@H](C(=O)Nc3nnc(-c4cc(C)oc4C)o3)CC2=O)c1. The maximum Gasteiger partial charge on any atom is 0.322 e. The molecule has 0 saturated carbocycles. The first-order valence-electron chi connectivity index (χ1n) is 9.11. The van der Waals surface area contributed by atoms with Gasteiger partial charge in [-0.3, -0.25) is 14.9 Å². The first kappa shape index (κ1) is 18.7. The summed E-state index contributed by atoms with van der Waals surface area (Å²) < 4.78 is 16.2. The third-order valence-electron chi connectivity index (χ3n) is 4.79. The molecule has 0 unspecified atom stereocenters. The van der Waals surface area contributed by atoms with Gasteiger partial charge in [0.2, 0.25) is 11.8 Å².